The Morgan fingerprint density at radius 2 is 1.92 bits per heavy atom. The van der Waals surface area contributed by atoms with Gasteiger partial charge >= 0.3 is 12.2 Å². The Balaban J connectivity index is 2.15. The third-order valence-electron chi connectivity index (χ3n) is 3.15. The lowest BCUT2D eigenvalue weighted by atomic mass is 10.3. The van der Waals surface area contributed by atoms with Gasteiger partial charge in [-0.1, -0.05) is 18.2 Å². The molecule has 0 saturated heterocycles. The maximum Gasteiger partial charge on any atom is 0.419 e. The van der Waals surface area contributed by atoms with Gasteiger partial charge in [0.25, 0.3) is 0 Å². The maximum atomic E-state index is 13.9. The van der Waals surface area contributed by atoms with E-state index in [1.54, 1.807) is 37.3 Å². The van der Waals surface area contributed by atoms with Gasteiger partial charge in [0.2, 0.25) is 0 Å². The number of carbonyl (C=O) groups excluding carboxylic acids is 2. The van der Waals surface area contributed by atoms with E-state index in [4.69, 9.17) is 4.74 Å². The smallest absolute Gasteiger partial charge is 0.419 e. The first-order chi connectivity index (χ1) is 11.5. The monoisotopic (exact) mass is 332 g/mol. The molecule has 0 fully saturated rings. The lowest BCUT2D eigenvalue weighted by Gasteiger charge is -2.20. The molecule has 7 heteroatoms. The van der Waals surface area contributed by atoms with Crippen molar-refractivity contribution in [1.29, 1.82) is 0 Å². The van der Waals surface area contributed by atoms with Crippen LogP contribution in [-0.4, -0.2) is 25.8 Å². The minimum Gasteiger partial charge on any atom is -0.453 e. The molecule has 24 heavy (non-hydrogen) atoms. The molecule has 2 amide bonds. The van der Waals surface area contributed by atoms with Crippen molar-refractivity contribution in [2.75, 3.05) is 23.9 Å². The minimum absolute atomic E-state index is 0.133. The molecule has 0 unspecified atom stereocenters. The van der Waals surface area contributed by atoms with Crippen molar-refractivity contribution >= 4 is 23.6 Å². The molecular weight excluding hydrogens is 315 g/mol. The molecule has 6 nitrogen and oxygen atoms in total. The Labute approximate surface area is 138 Å². The number of rotatable bonds is 4. The van der Waals surface area contributed by atoms with Gasteiger partial charge in [-0.05, 0) is 31.2 Å². The number of halogens is 1. The van der Waals surface area contributed by atoms with Crippen LogP contribution >= 0.6 is 0 Å². The van der Waals surface area contributed by atoms with Crippen LogP contribution in [0.25, 0.3) is 0 Å². The molecule has 0 radical (unpaired) electrons. The Morgan fingerprint density at radius 3 is 2.58 bits per heavy atom. The number of benzene rings is 2. The summed E-state index contributed by atoms with van der Waals surface area (Å²) in [5, 5.41) is 2.46. The molecule has 0 aromatic heterocycles. The van der Waals surface area contributed by atoms with E-state index in [0.717, 1.165) is 0 Å². The van der Waals surface area contributed by atoms with E-state index in [9.17, 15) is 14.0 Å². The third-order valence-corrected chi connectivity index (χ3v) is 3.15. The largest absolute Gasteiger partial charge is 0.453 e. The SMILES string of the molecule is CCN(C(=O)Oc1cccc(NC(=O)OC)c1)c1ccccc1F. The van der Waals surface area contributed by atoms with E-state index in [-0.39, 0.29) is 18.0 Å². The number of para-hydroxylation sites is 1. The molecule has 2 aromatic rings. The highest BCUT2D eigenvalue weighted by molar-refractivity contribution is 5.89. The number of ether oxygens (including phenoxy) is 2. The second kappa shape index (κ2) is 7.96. The summed E-state index contributed by atoms with van der Waals surface area (Å²) >= 11 is 0. The minimum atomic E-state index is -0.724. The van der Waals surface area contributed by atoms with Crippen molar-refractivity contribution in [3.8, 4) is 5.75 Å². The second-order valence-electron chi connectivity index (χ2n) is 4.71. The van der Waals surface area contributed by atoms with Crippen molar-refractivity contribution < 1.29 is 23.5 Å². The number of amides is 2. The Hall–Kier alpha value is -3.09. The van der Waals surface area contributed by atoms with Gasteiger partial charge in [0.1, 0.15) is 11.6 Å². The number of methoxy groups -OCH3 is 1. The fourth-order valence-electron chi connectivity index (χ4n) is 2.03. The third kappa shape index (κ3) is 4.22. The van der Waals surface area contributed by atoms with Crippen LogP contribution in [0.15, 0.2) is 48.5 Å². The normalized spacial score (nSPS) is 9.96. The molecule has 0 aliphatic heterocycles. The Morgan fingerprint density at radius 1 is 1.17 bits per heavy atom. The molecule has 0 aliphatic carbocycles. The molecule has 0 spiro atoms. The molecule has 126 valence electrons. The van der Waals surface area contributed by atoms with Crippen LogP contribution < -0.4 is 15.0 Å². The van der Waals surface area contributed by atoms with Crippen LogP contribution in [0.3, 0.4) is 0 Å². The van der Waals surface area contributed by atoms with Crippen molar-refractivity contribution in [3.05, 3.63) is 54.3 Å². The number of nitrogens with zero attached hydrogens (tertiary/aromatic N) is 1. The average molecular weight is 332 g/mol. The number of hydrogen-bond donors (Lipinski definition) is 1. The van der Waals surface area contributed by atoms with Crippen LogP contribution in [0.4, 0.5) is 25.4 Å². The number of hydrogen-bond acceptors (Lipinski definition) is 4. The highest BCUT2D eigenvalue weighted by Gasteiger charge is 2.19. The van der Waals surface area contributed by atoms with E-state index in [1.165, 1.54) is 30.2 Å². The molecule has 1 N–H and O–H groups in total. The zero-order chi connectivity index (χ0) is 17.5. The first-order valence-corrected chi connectivity index (χ1v) is 7.24. The van der Waals surface area contributed by atoms with Crippen LogP contribution in [0, 0.1) is 5.82 Å². The quantitative estimate of drug-likeness (QED) is 0.918. The second-order valence-corrected chi connectivity index (χ2v) is 4.71. The van der Waals surface area contributed by atoms with E-state index >= 15 is 0 Å². The van der Waals surface area contributed by atoms with E-state index in [0.29, 0.717) is 5.69 Å². The molecule has 0 bridgehead atoms. The summed E-state index contributed by atoms with van der Waals surface area (Å²) < 4.78 is 23.6. The van der Waals surface area contributed by atoms with Gasteiger partial charge in [-0.3, -0.25) is 10.2 Å². The first-order valence-electron chi connectivity index (χ1n) is 7.24. The predicted molar refractivity (Wildman–Crippen MR) is 87.9 cm³/mol. The van der Waals surface area contributed by atoms with Gasteiger partial charge in [-0.2, -0.15) is 0 Å². The van der Waals surface area contributed by atoms with Gasteiger partial charge in [0.05, 0.1) is 12.8 Å². The summed E-state index contributed by atoms with van der Waals surface area (Å²) in [6.07, 6.45) is -1.36. The first kappa shape index (κ1) is 17.3. The number of anilines is 2. The fourth-order valence-corrected chi connectivity index (χ4v) is 2.03. The summed E-state index contributed by atoms with van der Waals surface area (Å²) in [6, 6.07) is 12.2. The summed E-state index contributed by atoms with van der Waals surface area (Å²) in [7, 11) is 1.24. The fraction of sp³-hybridized carbons (Fsp3) is 0.176. The Kier molecular flexibility index (Phi) is 5.73. The highest BCUT2D eigenvalue weighted by atomic mass is 19.1. The topological polar surface area (TPSA) is 67.9 Å². The molecule has 2 aromatic carbocycles. The maximum absolute atomic E-state index is 13.9. The predicted octanol–water partition coefficient (Wildman–Crippen LogP) is 4.03. The van der Waals surface area contributed by atoms with Gasteiger partial charge in [0.15, 0.2) is 0 Å². The Bertz CT molecular complexity index is 736. The zero-order valence-electron chi connectivity index (χ0n) is 13.3. The summed E-state index contributed by atoms with van der Waals surface area (Å²) in [6.45, 7) is 1.95. The highest BCUT2D eigenvalue weighted by Crippen LogP contribution is 2.22. The molecule has 2 rings (SSSR count). The molecule has 0 aliphatic rings. The lowest BCUT2D eigenvalue weighted by molar-refractivity contribution is 0.187. The molecular formula is C17H17FN2O4. The average Bonchev–Trinajstić information content (AvgIpc) is 2.57. The molecule has 0 atom stereocenters. The van der Waals surface area contributed by atoms with Crippen molar-refractivity contribution in [2.45, 2.75) is 6.92 Å². The standard InChI is InChI=1S/C17H17FN2O4/c1-3-20(15-10-5-4-9-14(15)18)17(22)24-13-8-6-7-12(11-13)19-16(21)23-2/h4-11H,3H2,1-2H3,(H,19,21). The van der Waals surface area contributed by atoms with E-state index < -0.39 is 18.0 Å². The van der Waals surface area contributed by atoms with Crippen LogP contribution in [-0.2, 0) is 4.74 Å². The number of carbonyl (C=O) groups is 2. The lowest BCUT2D eigenvalue weighted by Crippen LogP contribution is -2.34. The zero-order valence-corrected chi connectivity index (χ0v) is 13.3. The van der Waals surface area contributed by atoms with E-state index in [1.807, 2.05) is 0 Å². The molecule has 0 saturated carbocycles. The van der Waals surface area contributed by atoms with Gasteiger partial charge < -0.3 is 9.47 Å². The van der Waals surface area contributed by atoms with Crippen LogP contribution in [0.5, 0.6) is 5.75 Å². The van der Waals surface area contributed by atoms with Crippen molar-refractivity contribution in [2.24, 2.45) is 0 Å². The number of nitrogens with one attached hydrogen (secondary N) is 1. The van der Waals surface area contributed by atoms with Crippen LogP contribution in [0.2, 0.25) is 0 Å². The summed E-state index contributed by atoms with van der Waals surface area (Å²) in [5.41, 5.74) is 0.537. The summed E-state index contributed by atoms with van der Waals surface area (Å²) in [5.74, 6) is -0.305. The van der Waals surface area contributed by atoms with Gasteiger partial charge in [0, 0.05) is 18.3 Å². The van der Waals surface area contributed by atoms with Gasteiger partial charge in [-0.25, -0.2) is 14.0 Å². The van der Waals surface area contributed by atoms with Crippen LogP contribution in [0.1, 0.15) is 6.92 Å². The van der Waals surface area contributed by atoms with E-state index in [2.05, 4.69) is 10.1 Å². The van der Waals surface area contributed by atoms with Crippen molar-refractivity contribution in [1.82, 2.24) is 0 Å². The van der Waals surface area contributed by atoms with Crippen molar-refractivity contribution in [3.63, 3.8) is 0 Å². The summed E-state index contributed by atoms with van der Waals surface area (Å²) in [4.78, 5) is 24.7. The van der Waals surface area contributed by atoms with Gasteiger partial charge in [-0.15, -0.1) is 0 Å². The molecule has 0 heterocycles.